The van der Waals surface area contributed by atoms with Crippen molar-refractivity contribution in [2.45, 2.75) is 25.0 Å². The zero-order valence-corrected chi connectivity index (χ0v) is 26.5. The summed E-state index contributed by atoms with van der Waals surface area (Å²) in [5.41, 5.74) is 2.11. The molecule has 0 saturated carbocycles. The number of rotatable bonds is 11. The Morgan fingerprint density at radius 1 is 0.771 bits per heavy atom. The van der Waals surface area contributed by atoms with Gasteiger partial charge in [0.2, 0.25) is 0 Å². The van der Waals surface area contributed by atoms with Gasteiger partial charge in [0.1, 0.15) is 24.7 Å². The summed E-state index contributed by atoms with van der Waals surface area (Å²) in [6, 6.07) is 32.3. The van der Waals surface area contributed by atoms with E-state index < -0.39 is 31.2 Å². The van der Waals surface area contributed by atoms with Gasteiger partial charge in [-0.1, -0.05) is 78.4 Å². The molecule has 0 N–H and O–H groups in total. The van der Waals surface area contributed by atoms with E-state index in [2.05, 4.69) is 0 Å². The van der Waals surface area contributed by atoms with Crippen LogP contribution in [0.4, 0.5) is 17.1 Å². The molecule has 242 valence electrons. The molecule has 0 spiro atoms. The van der Waals surface area contributed by atoms with E-state index in [1.807, 2.05) is 67.6 Å². The number of nitrogens with zero attached hydrogens (tertiary/aromatic N) is 3. The van der Waals surface area contributed by atoms with Crippen LogP contribution in [0.3, 0.4) is 0 Å². The standard InChI is InChI=1S/C36H29N3O8S/c1-25-12-16-32(17-13-25)48(44,45)37-22-29(36-33(37)19-30(38(40)41)20-34(36)39(42)43)18-28-14-15-31(46-23-26-8-4-2-5-9-26)21-35(28)47-24-27-10-6-3-7-11-27/h2-21H,22-24H2,1H3. The first-order valence-electron chi connectivity index (χ1n) is 14.8. The van der Waals surface area contributed by atoms with Crippen LogP contribution in [0.5, 0.6) is 11.5 Å². The van der Waals surface area contributed by atoms with Gasteiger partial charge < -0.3 is 9.47 Å². The van der Waals surface area contributed by atoms with Crippen molar-refractivity contribution in [2.75, 3.05) is 10.8 Å². The van der Waals surface area contributed by atoms with E-state index in [1.165, 1.54) is 12.1 Å². The van der Waals surface area contributed by atoms with Crippen molar-refractivity contribution in [2.24, 2.45) is 0 Å². The number of nitro groups is 2. The van der Waals surface area contributed by atoms with Gasteiger partial charge in [0.25, 0.3) is 21.4 Å². The van der Waals surface area contributed by atoms with Gasteiger partial charge in [-0.3, -0.25) is 24.5 Å². The molecule has 1 aliphatic heterocycles. The zero-order valence-electron chi connectivity index (χ0n) is 25.7. The topological polar surface area (TPSA) is 142 Å². The molecular weight excluding hydrogens is 634 g/mol. The fraction of sp³-hybridized carbons (Fsp3) is 0.111. The van der Waals surface area contributed by atoms with Gasteiger partial charge in [-0.25, -0.2) is 8.42 Å². The number of hydrogen-bond donors (Lipinski definition) is 0. The summed E-state index contributed by atoms with van der Waals surface area (Å²) in [5, 5.41) is 24.1. The summed E-state index contributed by atoms with van der Waals surface area (Å²) >= 11 is 0. The highest BCUT2D eigenvalue weighted by Crippen LogP contribution is 2.47. The van der Waals surface area contributed by atoms with E-state index in [1.54, 1.807) is 36.4 Å². The van der Waals surface area contributed by atoms with Crippen LogP contribution in [0.25, 0.3) is 11.6 Å². The number of aryl methyl sites for hydroxylation is 1. The Morgan fingerprint density at radius 2 is 1.40 bits per heavy atom. The predicted molar refractivity (Wildman–Crippen MR) is 181 cm³/mol. The molecule has 0 amide bonds. The Labute approximate surface area is 276 Å². The summed E-state index contributed by atoms with van der Waals surface area (Å²) in [7, 11) is -4.28. The first kappa shape index (κ1) is 32.0. The highest BCUT2D eigenvalue weighted by molar-refractivity contribution is 7.92. The monoisotopic (exact) mass is 663 g/mol. The van der Waals surface area contributed by atoms with Crippen LogP contribution in [0.15, 0.2) is 120 Å². The van der Waals surface area contributed by atoms with E-state index in [9.17, 15) is 28.6 Å². The average molecular weight is 664 g/mol. The van der Waals surface area contributed by atoms with Gasteiger partial charge in [0.05, 0.1) is 38.6 Å². The molecule has 12 heteroatoms. The van der Waals surface area contributed by atoms with Crippen molar-refractivity contribution < 1.29 is 27.7 Å². The first-order valence-corrected chi connectivity index (χ1v) is 16.3. The van der Waals surface area contributed by atoms with Crippen molar-refractivity contribution in [3.05, 3.63) is 163 Å². The van der Waals surface area contributed by atoms with Gasteiger partial charge in [0, 0.05) is 17.7 Å². The van der Waals surface area contributed by atoms with Gasteiger partial charge in [-0.05, 0) is 54.0 Å². The number of hydrogen-bond acceptors (Lipinski definition) is 8. The highest BCUT2D eigenvalue weighted by atomic mass is 32.2. The van der Waals surface area contributed by atoms with Gasteiger partial charge in [0.15, 0.2) is 0 Å². The molecule has 48 heavy (non-hydrogen) atoms. The largest absolute Gasteiger partial charge is 0.489 e. The summed E-state index contributed by atoms with van der Waals surface area (Å²) in [5.74, 6) is 0.906. The summed E-state index contributed by atoms with van der Waals surface area (Å²) in [6.45, 7) is 2.02. The zero-order chi connectivity index (χ0) is 33.8. The lowest BCUT2D eigenvalue weighted by Crippen LogP contribution is -2.29. The van der Waals surface area contributed by atoms with Crippen LogP contribution < -0.4 is 13.8 Å². The molecule has 0 aliphatic carbocycles. The number of fused-ring (bicyclic) bond motifs is 1. The van der Waals surface area contributed by atoms with Gasteiger partial charge in [-0.15, -0.1) is 0 Å². The van der Waals surface area contributed by atoms with E-state index in [0.29, 0.717) is 23.7 Å². The van der Waals surface area contributed by atoms with Crippen molar-refractivity contribution >= 4 is 38.7 Å². The molecular formula is C36H29N3O8S. The minimum Gasteiger partial charge on any atom is -0.489 e. The van der Waals surface area contributed by atoms with Crippen molar-refractivity contribution in [3.8, 4) is 11.5 Å². The molecule has 1 aliphatic rings. The second-order valence-corrected chi connectivity index (χ2v) is 13.0. The Balaban J connectivity index is 1.46. The normalized spacial score (nSPS) is 13.3. The molecule has 0 unspecified atom stereocenters. The quantitative estimate of drug-likeness (QED) is 0.103. The SMILES string of the molecule is Cc1ccc(S(=O)(=O)N2CC(=Cc3ccc(OCc4ccccc4)cc3OCc3ccccc3)c3c2cc([N+](=O)[O-])cc3[N+](=O)[O-])cc1. The number of sulfonamides is 1. The maximum absolute atomic E-state index is 13.9. The molecule has 0 atom stereocenters. The summed E-state index contributed by atoms with van der Waals surface area (Å²) < 4.78 is 41.1. The van der Waals surface area contributed by atoms with Crippen molar-refractivity contribution in [1.82, 2.24) is 0 Å². The first-order chi connectivity index (χ1) is 23.1. The van der Waals surface area contributed by atoms with Crippen LogP contribution in [0.1, 0.15) is 27.8 Å². The lowest BCUT2D eigenvalue weighted by Gasteiger charge is -2.19. The van der Waals surface area contributed by atoms with Crippen molar-refractivity contribution in [3.63, 3.8) is 0 Å². The molecule has 0 aromatic heterocycles. The van der Waals surface area contributed by atoms with Crippen LogP contribution in [-0.4, -0.2) is 24.8 Å². The van der Waals surface area contributed by atoms with Crippen molar-refractivity contribution in [1.29, 1.82) is 0 Å². The summed E-state index contributed by atoms with van der Waals surface area (Å²) in [6.07, 6.45) is 1.61. The van der Waals surface area contributed by atoms with Crippen LogP contribution in [-0.2, 0) is 23.2 Å². The second kappa shape index (κ2) is 13.4. The summed E-state index contributed by atoms with van der Waals surface area (Å²) in [4.78, 5) is 22.5. The number of non-ortho nitro benzene ring substituents is 1. The lowest BCUT2D eigenvalue weighted by molar-refractivity contribution is -0.394. The fourth-order valence-electron chi connectivity index (χ4n) is 5.37. The number of ether oxygens (including phenoxy) is 2. The average Bonchev–Trinajstić information content (AvgIpc) is 3.46. The van der Waals surface area contributed by atoms with Crippen LogP contribution >= 0.6 is 0 Å². The maximum Gasteiger partial charge on any atom is 0.285 e. The van der Waals surface area contributed by atoms with Gasteiger partial charge >= 0.3 is 0 Å². The molecule has 1 heterocycles. The molecule has 0 bridgehead atoms. The molecule has 0 saturated heterocycles. The molecule has 0 radical (unpaired) electrons. The Bertz CT molecular complexity index is 2140. The molecule has 5 aromatic carbocycles. The van der Waals surface area contributed by atoms with E-state index in [0.717, 1.165) is 33.1 Å². The van der Waals surface area contributed by atoms with Crippen LogP contribution in [0.2, 0.25) is 0 Å². The number of benzene rings is 5. The Hall–Kier alpha value is -6.01. The highest BCUT2D eigenvalue weighted by Gasteiger charge is 2.40. The lowest BCUT2D eigenvalue weighted by atomic mass is 10.0. The molecule has 6 rings (SSSR count). The van der Waals surface area contributed by atoms with Crippen LogP contribution in [0, 0.1) is 27.2 Å². The smallest absolute Gasteiger partial charge is 0.285 e. The van der Waals surface area contributed by atoms with E-state index >= 15 is 0 Å². The maximum atomic E-state index is 13.9. The Morgan fingerprint density at radius 3 is 2.00 bits per heavy atom. The fourth-order valence-corrected chi connectivity index (χ4v) is 6.82. The third-order valence-corrected chi connectivity index (χ3v) is 9.58. The van der Waals surface area contributed by atoms with E-state index in [-0.39, 0.29) is 34.9 Å². The molecule has 5 aromatic rings. The van der Waals surface area contributed by atoms with E-state index in [4.69, 9.17) is 9.47 Å². The Kier molecular flexibility index (Phi) is 8.91. The molecule has 11 nitrogen and oxygen atoms in total. The minimum atomic E-state index is -4.28. The third-order valence-electron chi connectivity index (χ3n) is 7.80. The molecule has 0 fully saturated rings. The number of nitro benzene ring substituents is 2. The second-order valence-electron chi connectivity index (χ2n) is 11.1. The van der Waals surface area contributed by atoms with Gasteiger partial charge in [-0.2, -0.15) is 0 Å². The minimum absolute atomic E-state index is 0.0281. The number of anilines is 1. The predicted octanol–water partition coefficient (Wildman–Crippen LogP) is 7.72. The third kappa shape index (κ3) is 6.74.